The lowest BCUT2D eigenvalue weighted by molar-refractivity contribution is -0.137. The molecule has 1 aromatic carbocycles. The van der Waals surface area contributed by atoms with Crippen molar-refractivity contribution >= 4 is 29.5 Å². The highest BCUT2D eigenvalue weighted by molar-refractivity contribution is 6.05. The van der Waals surface area contributed by atoms with Gasteiger partial charge in [-0.1, -0.05) is 18.1 Å². The monoisotopic (exact) mass is 493 g/mol. The maximum Gasteiger partial charge on any atom is 0.273 e. The summed E-state index contributed by atoms with van der Waals surface area (Å²) in [6.07, 6.45) is 5.32. The second-order valence-electron chi connectivity index (χ2n) is 9.37. The molecule has 1 aromatic heterocycles. The van der Waals surface area contributed by atoms with Crippen LogP contribution in [-0.2, 0) is 20.9 Å². The van der Waals surface area contributed by atoms with E-state index in [1.54, 1.807) is 25.2 Å². The van der Waals surface area contributed by atoms with Crippen molar-refractivity contribution in [1.29, 1.82) is 0 Å². The molecule has 0 radical (unpaired) electrons. The van der Waals surface area contributed by atoms with Crippen LogP contribution < -0.4 is 16.0 Å². The summed E-state index contributed by atoms with van der Waals surface area (Å²) >= 11 is 0. The summed E-state index contributed by atoms with van der Waals surface area (Å²) in [5.41, 5.74) is 1.94. The van der Waals surface area contributed by atoms with E-state index in [0.717, 1.165) is 31.2 Å². The molecule has 3 heterocycles. The molecule has 0 spiro atoms. The highest BCUT2D eigenvalue weighted by Gasteiger charge is 2.39. The fourth-order valence-corrected chi connectivity index (χ4v) is 5.24. The molecule has 12 nitrogen and oxygen atoms in total. The van der Waals surface area contributed by atoms with Crippen LogP contribution in [0.15, 0.2) is 24.4 Å². The van der Waals surface area contributed by atoms with Crippen LogP contribution in [0, 0.1) is 5.92 Å². The van der Waals surface area contributed by atoms with Gasteiger partial charge in [-0.15, -0.1) is 5.10 Å². The van der Waals surface area contributed by atoms with Crippen LogP contribution in [0.3, 0.4) is 0 Å². The molecule has 1 saturated heterocycles. The predicted octanol–water partition coefficient (Wildman–Crippen LogP) is 0.0629. The van der Waals surface area contributed by atoms with Crippen molar-refractivity contribution in [3.63, 3.8) is 0 Å². The number of rotatable bonds is 5. The number of carbonyl (C=O) groups excluding carboxylic acids is 5. The molecule has 0 bridgehead atoms. The molecule has 12 heteroatoms. The van der Waals surface area contributed by atoms with Gasteiger partial charge in [0.1, 0.15) is 6.04 Å². The Kier molecular flexibility index (Phi) is 6.25. The first-order chi connectivity index (χ1) is 17.4. The van der Waals surface area contributed by atoms with E-state index in [1.165, 1.54) is 15.8 Å². The van der Waals surface area contributed by atoms with Crippen LogP contribution in [0.5, 0.6) is 0 Å². The van der Waals surface area contributed by atoms with Gasteiger partial charge in [-0.3, -0.25) is 29.3 Å². The molecule has 1 aliphatic carbocycles. The standard InChI is InChI=1S/C24H27N7O5/c1-25-21(33)16-4-2-3-5-17(16)26-22(34)18-12-31(29-28-18)14-6-7-15-13(10-14)11-30(24(15)36)19-8-9-20(32)27-23(19)35/h6-7,10,12,16-17,19H,2-5,8-9,11H2,1H3,(H,25,33)(H,26,34)(H,27,32,35)/t16-,17+,19?/m1/s1. The normalized spacial score (nSPS) is 23.8. The third-order valence-electron chi connectivity index (χ3n) is 7.16. The lowest BCUT2D eigenvalue weighted by Gasteiger charge is -2.30. The largest absolute Gasteiger partial charge is 0.359 e. The highest BCUT2D eigenvalue weighted by Crippen LogP contribution is 2.29. The number of fused-ring (bicyclic) bond motifs is 1. The number of aromatic nitrogens is 3. The Bertz CT molecular complexity index is 1260. The van der Waals surface area contributed by atoms with E-state index in [2.05, 4.69) is 26.3 Å². The summed E-state index contributed by atoms with van der Waals surface area (Å²) in [6, 6.07) is 4.19. The van der Waals surface area contributed by atoms with Gasteiger partial charge in [0, 0.05) is 31.6 Å². The molecule has 2 aromatic rings. The molecule has 1 saturated carbocycles. The summed E-state index contributed by atoms with van der Waals surface area (Å²) in [7, 11) is 1.59. The zero-order valence-electron chi connectivity index (χ0n) is 19.8. The minimum absolute atomic E-state index is 0.0808. The first-order valence-corrected chi connectivity index (χ1v) is 12.1. The van der Waals surface area contributed by atoms with E-state index in [4.69, 9.17) is 0 Å². The second kappa shape index (κ2) is 9.51. The topological polar surface area (TPSA) is 155 Å². The summed E-state index contributed by atoms with van der Waals surface area (Å²) < 4.78 is 1.45. The number of amides is 5. The first-order valence-electron chi connectivity index (χ1n) is 12.1. The number of hydrogen-bond acceptors (Lipinski definition) is 7. The van der Waals surface area contributed by atoms with E-state index in [-0.39, 0.29) is 48.3 Å². The average Bonchev–Trinajstić information content (AvgIpc) is 3.49. The van der Waals surface area contributed by atoms with E-state index in [9.17, 15) is 24.0 Å². The minimum atomic E-state index is -0.689. The minimum Gasteiger partial charge on any atom is -0.359 e. The van der Waals surface area contributed by atoms with Gasteiger partial charge in [-0.25, -0.2) is 4.68 Å². The third-order valence-corrected chi connectivity index (χ3v) is 7.16. The third kappa shape index (κ3) is 4.34. The number of hydrogen-bond donors (Lipinski definition) is 3. The number of piperidine rings is 1. The Morgan fingerprint density at radius 3 is 2.69 bits per heavy atom. The summed E-state index contributed by atoms with van der Waals surface area (Å²) in [5.74, 6) is -1.81. The van der Waals surface area contributed by atoms with Gasteiger partial charge in [-0.2, -0.15) is 0 Å². The highest BCUT2D eigenvalue weighted by atomic mass is 16.2. The predicted molar refractivity (Wildman–Crippen MR) is 125 cm³/mol. The molecule has 5 rings (SSSR count). The quantitative estimate of drug-likeness (QED) is 0.498. The lowest BCUT2D eigenvalue weighted by Crippen LogP contribution is -2.52. The molecule has 36 heavy (non-hydrogen) atoms. The van der Waals surface area contributed by atoms with Gasteiger partial charge in [0.15, 0.2) is 5.69 Å². The zero-order valence-corrected chi connectivity index (χ0v) is 19.8. The van der Waals surface area contributed by atoms with E-state index >= 15 is 0 Å². The Morgan fingerprint density at radius 2 is 1.92 bits per heavy atom. The van der Waals surface area contributed by atoms with Gasteiger partial charge in [0.2, 0.25) is 17.7 Å². The maximum absolute atomic E-state index is 12.9. The molecule has 188 valence electrons. The van der Waals surface area contributed by atoms with E-state index in [1.807, 2.05) is 0 Å². The first kappa shape index (κ1) is 23.6. The van der Waals surface area contributed by atoms with Crippen LogP contribution in [0.25, 0.3) is 5.69 Å². The molecule has 5 amide bonds. The SMILES string of the molecule is CNC(=O)[C@@H]1CCCC[C@@H]1NC(=O)c1cn(-c2ccc3c(c2)CN(C2CCC(=O)NC2=O)C3=O)nn1. The van der Waals surface area contributed by atoms with Crippen molar-refractivity contribution in [2.24, 2.45) is 5.92 Å². The smallest absolute Gasteiger partial charge is 0.273 e. The number of benzene rings is 1. The number of imide groups is 1. The Labute approximate surface area is 206 Å². The van der Waals surface area contributed by atoms with E-state index < -0.39 is 17.9 Å². The van der Waals surface area contributed by atoms with Crippen LogP contribution in [0.2, 0.25) is 0 Å². The Hall–Kier alpha value is -4.09. The van der Waals surface area contributed by atoms with Gasteiger partial charge in [0.25, 0.3) is 11.8 Å². The van der Waals surface area contributed by atoms with Crippen molar-refractivity contribution < 1.29 is 24.0 Å². The summed E-state index contributed by atoms with van der Waals surface area (Å²) in [6.45, 7) is 0.235. The molecule has 1 unspecified atom stereocenters. The van der Waals surface area contributed by atoms with Gasteiger partial charge >= 0.3 is 0 Å². The van der Waals surface area contributed by atoms with Crippen molar-refractivity contribution in [3.8, 4) is 5.69 Å². The van der Waals surface area contributed by atoms with Crippen LogP contribution in [0.1, 0.15) is 64.9 Å². The summed E-state index contributed by atoms with van der Waals surface area (Å²) in [5, 5.41) is 16.0. The van der Waals surface area contributed by atoms with Crippen molar-refractivity contribution in [2.45, 2.75) is 57.2 Å². The Balaban J connectivity index is 1.29. The van der Waals surface area contributed by atoms with Crippen LogP contribution in [0.4, 0.5) is 0 Å². The molecular weight excluding hydrogens is 466 g/mol. The molecule has 2 aliphatic heterocycles. The molecule has 3 aliphatic rings. The lowest BCUT2D eigenvalue weighted by atomic mass is 9.84. The second-order valence-corrected chi connectivity index (χ2v) is 9.37. The molecule has 2 fully saturated rings. The molecule has 3 atom stereocenters. The van der Waals surface area contributed by atoms with Crippen LogP contribution in [-0.4, -0.2) is 68.6 Å². The number of carbonyl (C=O) groups is 5. The van der Waals surface area contributed by atoms with Gasteiger partial charge < -0.3 is 15.5 Å². The number of nitrogens with zero attached hydrogens (tertiary/aromatic N) is 4. The fourth-order valence-electron chi connectivity index (χ4n) is 5.24. The maximum atomic E-state index is 12.9. The van der Waals surface area contributed by atoms with Crippen molar-refractivity contribution in [2.75, 3.05) is 7.05 Å². The summed E-state index contributed by atoms with van der Waals surface area (Å²) in [4.78, 5) is 63.1. The Morgan fingerprint density at radius 1 is 1.11 bits per heavy atom. The van der Waals surface area contributed by atoms with Crippen LogP contribution >= 0.6 is 0 Å². The molecular formula is C24H27N7O5. The van der Waals surface area contributed by atoms with Gasteiger partial charge in [-0.05, 0) is 43.0 Å². The van der Waals surface area contributed by atoms with Crippen molar-refractivity contribution in [3.05, 3.63) is 41.2 Å². The molecule has 3 N–H and O–H groups in total. The fraction of sp³-hybridized carbons (Fsp3) is 0.458. The van der Waals surface area contributed by atoms with Crippen molar-refractivity contribution in [1.82, 2.24) is 35.8 Å². The zero-order chi connectivity index (χ0) is 25.4. The average molecular weight is 494 g/mol. The van der Waals surface area contributed by atoms with Gasteiger partial charge in [0.05, 0.1) is 17.8 Å². The number of nitrogens with one attached hydrogen (secondary N) is 3. The van der Waals surface area contributed by atoms with E-state index in [0.29, 0.717) is 17.7 Å².